The van der Waals surface area contributed by atoms with Crippen LogP contribution < -0.4 is 11.5 Å². The van der Waals surface area contributed by atoms with Gasteiger partial charge in [0.05, 0.1) is 0 Å². The molecule has 1 unspecified atom stereocenters. The minimum atomic E-state index is 0.154. The van der Waals surface area contributed by atoms with Crippen LogP contribution in [0.5, 0.6) is 0 Å². The molecule has 1 heterocycles. The second kappa shape index (κ2) is 3.65. The van der Waals surface area contributed by atoms with E-state index in [2.05, 4.69) is 18.4 Å². The van der Waals surface area contributed by atoms with Crippen LogP contribution >= 0.6 is 11.3 Å². The van der Waals surface area contributed by atoms with Gasteiger partial charge in [-0.3, -0.25) is 0 Å². The summed E-state index contributed by atoms with van der Waals surface area (Å²) in [5.41, 5.74) is 13.7. The highest BCUT2D eigenvalue weighted by Crippen LogP contribution is 2.49. The second-order valence-electron chi connectivity index (χ2n) is 4.37. The number of thiophene rings is 1. The smallest absolute Gasteiger partial charge is 0.0461 e. The average Bonchev–Trinajstić information content (AvgIpc) is 2.50. The normalized spacial score (nSPS) is 21.6. The Morgan fingerprint density at radius 2 is 2.29 bits per heavy atom. The monoisotopic (exact) mass is 210 g/mol. The van der Waals surface area contributed by atoms with Gasteiger partial charge < -0.3 is 11.5 Å². The van der Waals surface area contributed by atoms with E-state index >= 15 is 0 Å². The van der Waals surface area contributed by atoms with Crippen molar-refractivity contribution < 1.29 is 0 Å². The molecule has 0 amide bonds. The summed E-state index contributed by atoms with van der Waals surface area (Å²) in [5, 5.41) is 2.12. The maximum absolute atomic E-state index is 6.32. The van der Waals surface area contributed by atoms with Crippen LogP contribution in [0.15, 0.2) is 11.4 Å². The molecular formula is C11H18N2S. The molecule has 0 aromatic carbocycles. The molecule has 0 bridgehead atoms. The summed E-state index contributed by atoms with van der Waals surface area (Å²) in [5.74, 6) is 0. The molecule has 0 spiro atoms. The molecule has 3 heteroatoms. The molecular weight excluding hydrogens is 192 g/mol. The van der Waals surface area contributed by atoms with Gasteiger partial charge in [-0.05, 0) is 43.3 Å². The van der Waals surface area contributed by atoms with Crippen molar-refractivity contribution in [3.63, 3.8) is 0 Å². The Kier molecular flexibility index (Phi) is 2.64. The lowest BCUT2D eigenvalue weighted by molar-refractivity contribution is 0.106. The van der Waals surface area contributed by atoms with Crippen molar-refractivity contribution in [3.05, 3.63) is 21.9 Å². The number of hydrogen-bond donors (Lipinski definition) is 2. The van der Waals surface area contributed by atoms with Crippen LogP contribution in [0.25, 0.3) is 0 Å². The Hall–Kier alpha value is -0.380. The predicted molar refractivity (Wildman–Crippen MR) is 61.3 cm³/mol. The van der Waals surface area contributed by atoms with Gasteiger partial charge in [-0.2, -0.15) is 0 Å². The molecule has 2 nitrogen and oxygen atoms in total. The lowest BCUT2D eigenvalue weighted by Crippen LogP contribution is -2.45. The maximum atomic E-state index is 6.32. The first-order valence-corrected chi connectivity index (χ1v) is 6.07. The first-order chi connectivity index (χ1) is 6.69. The third-order valence-corrected chi connectivity index (χ3v) is 4.70. The van der Waals surface area contributed by atoms with E-state index in [1.54, 1.807) is 11.3 Å². The molecule has 1 atom stereocenters. The van der Waals surface area contributed by atoms with Gasteiger partial charge in [0.25, 0.3) is 0 Å². The highest BCUT2D eigenvalue weighted by atomic mass is 32.1. The SMILES string of the molecule is Cc1ccsc1C(N)C1(CN)CCC1. The highest BCUT2D eigenvalue weighted by Gasteiger charge is 2.42. The van der Waals surface area contributed by atoms with Gasteiger partial charge in [0.15, 0.2) is 0 Å². The zero-order valence-corrected chi connectivity index (χ0v) is 9.44. The molecule has 1 saturated carbocycles. The number of hydrogen-bond acceptors (Lipinski definition) is 3. The maximum Gasteiger partial charge on any atom is 0.0461 e. The van der Waals surface area contributed by atoms with Crippen molar-refractivity contribution >= 4 is 11.3 Å². The van der Waals surface area contributed by atoms with Crippen molar-refractivity contribution in [2.75, 3.05) is 6.54 Å². The third kappa shape index (κ3) is 1.40. The average molecular weight is 210 g/mol. The van der Waals surface area contributed by atoms with Gasteiger partial charge in [0.2, 0.25) is 0 Å². The predicted octanol–water partition coefficient (Wildman–Crippen LogP) is 2.19. The largest absolute Gasteiger partial charge is 0.330 e. The zero-order chi connectivity index (χ0) is 10.2. The number of aryl methyl sites for hydroxylation is 1. The molecule has 1 aliphatic carbocycles. The Morgan fingerprint density at radius 3 is 2.64 bits per heavy atom. The van der Waals surface area contributed by atoms with Crippen LogP contribution in [0.2, 0.25) is 0 Å². The van der Waals surface area contributed by atoms with Gasteiger partial charge in [0.1, 0.15) is 0 Å². The van der Waals surface area contributed by atoms with Crippen LogP contribution in [0.3, 0.4) is 0 Å². The van der Waals surface area contributed by atoms with E-state index in [4.69, 9.17) is 11.5 Å². The van der Waals surface area contributed by atoms with E-state index in [0.29, 0.717) is 0 Å². The third-order valence-electron chi connectivity index (χ3n) is 3.60. The number of nitrogens with two attached hydrogens (primary N) is 2. The topological polar surface area (TPSA) is 52.0 Å². The lowest BCUT2D eigenvalue weighted by Gasteiger charge is -2.45. The number of rotatable bonds is 3. The van der Waals surface area contributed by atoms with Crippen LogP contribution in [-0.4, -0.2) is 6.54 Å². The fourth-order valence-electron chi connectivity index (χ4n) is 2.25. The van der Waals surface area contributed by atoms with Gasteiger partial charge in [0, 0.05) is 16.3 Å². The Balaban J connectivity index is 2.22. The Morgan fingerprint density at radius 1 is 1.57 bits per heavy atom. The molecule has 4 N–H and O–H groups in total. The summed E-state index contributed by atoms with van der Waals surface area (Å²) in [4.78, 5) is 1.33. The molecule has 0 radical (unpaired) electrons. The van der Waals surface area contributed by atoms with Crippen molar-refractivity contribution in [1.29, 1.82) is 0 Å². The van der Waals surface area contributed by atoms with Crippen molar-refractivity contribution in [2.45, 2.75) is 32.2 Å². The van der Waals surface area contributed by atoms with E-state index in [-0.39, 0.29) is 11.5 Å². The summed E-state index contributed by atoms with van der Waals surface area (Å²) in [6.45, 7) is 2.86. The van der Waals surface area contributed by atoms with Crippen LogP contribution in [-0.2, 0) is 0 Å². The van der Waals surface area contributed by atoms with Crippen LogP contribution in [0, 0.1) is 12.3 Å². The lowest BCUT2D eigenvalue weighted by atomic mass is 9.63. The molecule has 0 aliphatic heterocycles. The molecule has 0 saturated heterocycles. The minimum Gasteiger partial charge on any atom is -0.330 e. The summed E-state index contributed by atoms with van der Waals surface area (Å²) in [6.07, 6.45) is 3.68. The molecule has 1 aromatic rings. The minimum absolute atomic E-state index is 0.154. The Bertz CT molecular complexity index is 309. The standard InChI is InChI=1S/C11H18N2S/c1-8-3-6-14-9(8)10(13)11(7-12)4-2-5-11/h3,6,10H,2,4-5,7,12-13H2,1H3. The second-order valence-corrected chi connectivity index (χ2v) is 5.31. The zero-order valence-electron chi connectivity index (χ0n) is 8.62. The van der Waals surface area contributed by atoms with Gasteiger partial charge in [-0.25, -0.2) is 0 Å². The van der Waals surface area contributed by atoms with E-state index < -0.39 is 0 Å². The summed E-state index contributed by atoms with van der Waals surface area (Å²) < 4.78 is 0. The van der Waals surface area contributed by atoms with Gasteiger partial charge in [-0.1, -0.05) is 6.42 Å². The summed E-state index contributed by atoms with van der Waals surface area (Å²) in [7, 11) is 0. The highest BCUT2D eigenvalue weighted by molar-refractivity contribution is 7.10. The molecule has 1 aromatic heterocycles. The van der Waals surface area contributed by atoms with E-state index in [9.17, 15) is 0 Å². The van der Waals surface area contributed by atoms with Crippen LogP contribution in [0.1, 0.15) is 35.7 Å². The molecule has 2 rings (SSSR count). The molecule has 78 valence electrons. The van der Waals surface area contributed by atoms with E-state index in [0.717, 1.165) is 6.54 Å². The molecule has 1 fully saturated rings. The summed E-state index contributed by atoms with van der Waals surface area (Å²) >= 11 is 1.77. The van der Waals surface area contributed by atoms with E-state index in [1.165, 1.54) is 29.7 Å². The van der Waals surface area contributed by atoms with Crippen molar-refractivity contribution in [3.8, 4) is 0 Å². The molecule has 14 heavy (non-hydrogen) atoms. The van der Waals surface area contributed by atoms with E-state index in [1.807, 2.05) is 0 Å². The fourth-order valence-corrected chi connectivity index (χ4v) is 3.32. The first-order valence-electron chi connectivity index (χ1n) is 5.19. The fraction of sp³-hybridized carbons (Fsp3) is 0.636. The van der Waals surface area contributed by atoms with Gasteiger partial charge >= 0.3 is 0 Å². The summed E-state index contributed by atoms with van der Waals surface area (Å²) in [6, 6.07) is 2.30. The van der Waals surface area contributed by atoms with Crippen molar-refractivity contribution in [1.82, 2.24) is 0 Å². The van der Waals surface area contributed by atoms with Crippen molar-refractivity contribution in [2.24, 2.45) is 16.9 Å². The first kappa shape index (κ1) is 10.1. The quantitative estimate of drug-likeness (QED) is 0.803. The Labute approximate surface area is 89.3 Å². The van der Waals surface area contributed by atoms with Crippen LogP contribution in [0.4, 0.5) is 0 Å². The van der Waals surface area contributed by atoms with Gasteiger partial charge in [-0.15, -0.1) is 11.3 Å². The molecule has 1 aliphatic rings.